The molecule has 1 heterocycles. The molecule has 27 heavy (non-hydrogen) atoms. The fourth-order valence-electron chi connectivity index (χ4n) is 5.05. The minimum absolute atomic E-state index is 0.131. The molecule has 6 rings (SSSR count). The van der Waals surface area contributed by atoms with Crippen molar-refractivity contribution in [3.63, 3.8) is 0 Å². The van der Waals surface area contributed by atoms with Gasteiger partial charge < -0.3 is 4.74 Å². The van der Waals surface area contributed by atoms with Gasteiger partial charge in [0.25, 0.3) is 11.8 Å². The number of amides is 2. The maximum absolute atomic E-state index is 12.9. The van der Waals surface area contributed by atoms with Crippen LogP contribution in [0, 0.1) is 47.9 Å². The fourth-order valence-corrected chi connectivity index (χ4v) is 5.42. The van der Waals surface area contributed by atoms with Gasteiger partial charge in [-0.15, -0.1) is 6.42 Å². The van der Waals surface area contributed by atoms with Crippen LogP contribution in [0.15, 0.2) is 39.9 Å². The highest BCUT2D eigenvalue weighted by atomic mass is 79.9. The van der Waals surface area contributed by atoms with Gasteiger partial charge in [-0.05, 0) is 48.3 Å². The van der Waals surface area contributed by atoms with Crippen LogP contribution in [0.1, 0.15) is 12.0 Å². The molecule has 6 heteroatoms. The van der Waals surface area contributed by atoms with Crippen molar-refractivity contribution in [3.05, 3.63) is 40.4 Å². The standard InChI is InChI=1S/C21H17BrN2O3/c1-2-7-27-17-6-3-12(22)8-11(17)10-23-24-20(25)18-13-4-5-14(16-9-15(13)16)19(18)21(24)26/h1,3-6,8,10,13-16,18-19H,7,9H2/b23-10-/t13-,14-,15-,16-,18-,19+/m0/s1. The van der Waals surface area contributed by atoms with E-state index in [0.717, 1.165) is 15.9 Å². The molecule has 1 saturated heterocycles. The Bertz CT molecular complexity index is 911. The second-order valence-electron chi connectivity index (χ2n) is 7.56. The van der Waals surface area contributed by atoms with Gasteiger partial charge in [0, 0.05) is 10.0 Å². The number of halogens is 1. The van der Waals surface area contributed by atoms with Crippen LogP contribution in [-0.4, -0.2) is 29.6 Å². The number of rotatable bonds is 4. The van der Waals surface area contributed by atoms with E-state index >= 15 is 0 Å². The molecule has 2 saturated carbocycles. The van der Waals surface area contributed by atoms with Crippen LogP contribution in [0.4, 0.5) is 0 Å². The largest absolute Gasteiger partial charge is 0.480 e. The van der Waals surface area contributed by atoms with Crippen molar-refractivity contribution in [1.29, 1.82) is 0 Å². The van der Waals surface area contributed by atoms with Crippen LogP contribution in [0.5, 0.6) is 5.75 Å². The van der Waals surface area contributed by atoms with E-state index in [2.05, 4.69) is 39.1 Å². The Balaban J connectivity index is 1.43. The lowest BCUT2D eigenvalue weighted by molar-refractivity contribution is -0.140. The van der Waals surface area contributed by atoms with Crippen LogP contribution in [-0.2, 0) is 9.59 Å². The predicted molar refractivity (Wildman–Crippen MR) is 103 cm³/mol. The molecule has 0 aromatic heterocycles. The number of carbonyl (C=O) groups is 2. The highest BCUT2D eigenvalue weighted by Crippen LogP contribution is 2.65. The Hall–Kier alpha value is -2.39. The van der Waals surface area contributed by atoms with Gasteiger partial charge in [0.1, 0.15) is 12.4 Å². The Morgan fingerprint density at radius 1 is 1.22 bits per heavy atom. The van der Waals surface area contributed by atoms with Crippen LogP contribution >= 0.6 is 15.9 Å². The Kier molecular flexibility index (Phi) is 3.76. The van der Waals surface area contributed by atoms with Gasteiger partial charge in [-0.3, -0.25) is 9.59 Å². The maximum atomic E-state index is 12.9. The van der Waals surface area contributed by atoms with E-state index in [1.54, 1.807) is 6.07 Å². The summed E-state index contributed by atoms with van der Waals surface area (Å²) in [6, 6.07) is 5.42. The molecular formula is C21H17BrN2O3. The first-order valence-electron chi connectivity index (χ1n) is 9.06. The molecule has 1 aliphatic heterocycles. The third-order valence-corrected chi connectivity index (χ3v) is 6.73. The molecule has 0 radical (unpaired) electrons. The van der Waals surface area contributed by atoms with Gasteiger partial charge in [0.2, 0.25) is 0 Å². The van der Waals surface area contributed by atoms with Crippen LogP contribution < -0.4 is 4.74 Å². The summed E-state index contributed by atoms with van der Waals surface area (Å²) in [6.07, 6.45) is 12.2. The van der Waals surface area contributed by atoms with E-state index in [9.17, 15) is 9.59 Å². The minimum Gasteiger partial charge on any atom is -0.480 e. The number of nitrogens with zero attached hydrogens (tertiary/aromatic N) is 2. The summed E-state index contributed by atoms with van der Waals surface area (Å²) < 4.78 is 6.36. The molecule has 0 spiro atoms. The first-order chi connectivity index (χ1) is 13.1. The molecule has 5 nitrogen and oxygen atoms in total. The van der Waals surface area contributed by atoms with Crippen molar-refractivity contribution in [2.75, 3.05) is 6.61 Å². The Morgan fingerprint density at radius 3 is 2.52 bits per heavy atom. The first kappa shape index (κ1) is 16.8. The lowest BCUT2D eigenvalue weighted by Gasteiger charge is -2.37. The highest BCUT2D eigenvalue weighted by Gasteiger charge is 2.67. The Morgan fingerprint density at radius 2 is 1.89 bits per heavy atom. The lowest BCUT2D eigenvalue weighted by Crippen LogP contribution is -2.40. The molecule has 5 aliphatic rings. The Labute approximate surface area is 165 Å². The molecule has 136 valence electrons. The molecule has 2 bridgehead atoms. The van der Waals surface area contributed by atoms with Gasteiger partial charge in [0.05, 0.1) is 18.1 Å². The van der Waals surface area contributed by atoms with Crippen LogP contribution in [0.2, 0.25) is 0 Å². The second kappa shape index (κ2) is 6.07. The van der Waals surface area contributed by atoms with E-state index < -0.39 is 0 Å². The summed E-state index contributed by atoms with van der Waals surface area (Å²) in [4.78, 5) is 25.9. The highest BCUT2D eigenvalue weighted by molar-refractivity contribution is 9.10. The normalized spacial score (nSPS) is 35.3. The lowest BCUT2D eigenvalue weighted by atomic mass is 9.63. The fraction of sp³-hybridized carbons (Fsp3) is 0.381. The van der Waals surface area contributed by atoms with Crippen molar-refractivity contribution in [1.82, 2.24) is 5.01 Å². The molecule has 4 aliphatic carbocycles. The van der Waals surface area contributed by atoms with Gasteiger partial charge in [-0.25, -0.2) is 0 Å². The molecule has 1 aromatic rings. The summed E-state index contributed by atoms with van der Waals surface area (Å²) in [6.45, 7) is 0.131. The number of ether oxygens (including phenoxy) is 1. The average molecular weight is 425 g/mol. The third kappa shape index (κ3) is 2.49. The van der Waals surface area contributed by atoms with E-state index in [4.69, 9.17) is 11.2 Å². The second-order valence-corrected chi connectivity index (χ2v) is 8.48. The SMILES string of the molecule is C#CCOc1ccc(Br)cc1/C=N\N1C(=O)[C@@H]2[C@H]3C=C[C@@H]([C@@H]4C[C@@H]34)[C@@H]2C1=O. The number of benzene rings is 1. The molecule has 2 amide bonds. The van der Waals surface area contributed by atoms with Gasteiger partial charge in [-0.2, -0.15) is 10.1 Å². The number of hydrogen-bond donors (Lipinski definition) is 0. The van der Waals surface area contributed by atoms with Crippen molar-refractivity contribution < 1.29 is 14.3 Å². The number of allylic oxidation sites excluding steroid dienone is 2. The van der Waals surface area contributed by atoms with Gasteiger partial charge in [0.15, 0.2) is 0 Å². The van der Waals surface area contributed by atoms with E-state index in [0.29, 0.717) is 23.1 Å². The molecule has 0 N–H and O–H groups in total. The molecule has 0 unspecified atom stereocenters. The van der Waals surface area contributed by atoms with Crippen molar-refractivity contribution in [2.45, 2.75) is 6.42 Å². The summed E-state index contributed by atoms with van der Waals surface area (Å²) in [5.74, 6) is 3.70. The van der Waals surface area contributed by atoms with E-state index in [1.807, 2.05) is 12.1 Å². The average Bonchev–Trinajstić information content (AvgIpc) is 3.45. The number of imide groups is 1. The third-order valence-electron chi connectivity index (χ3n) is 6.23. The summed E-state index contributed by atoms with van der Waals surface area (Å²) in [5, 5.41) is 5.32. The molecule has 1 aromatic carbocycles. The zero-order chi connectivity index (χ0) is 18.7. The molecule has 6 atom stereocenters. The number of hydrogen-bond acceptors (Lipinski definition) is 4. The first-order valence-corrected chi connectivity index (χ1v) is 9.85. The quantitative estimate of drug-likeness (QED) is 0.323. The van der Waals surface area contributed by atoms with E-state index in [-0.39, 0.29) is 42.1 Å². The van der Waals surface area contributed by atoms with Crippen molar-refractivity contribution in [3.8, 4) is 18.1 Å². The van der Waals surface area contributed by atoms with Gasteiger partial charge >= 0.3 is 0 Å². The monoisotopic (exact) mass is 424 g/mol. The predicted octanol–water partition coefficient (Wildman–Crippen LogP) is 2.85. The topological polar surface area (TPSA) is 59.0 Å². The summed E-state index contributed by atoms with van der Waals surface area (Å²) in [7, 11) is 0. The molecular weight excluding hydrogens is 408 g/mol. The zero-order valence-electron chi connectivity index (χ0n) is 14.4. The summed E-state index contributed by atoms with van der Waals surface area (Å²) in [5.41, 5.74) is 0.652. The molecule has 3 fully saturated rings. The van der Waals surface area contributed by atoms with Crippen molar-refractivity contribution >= 4 is 34.0 Å². The number of hydrazone groups is 1. The smallest absolute Gasteiger partial charge is 0.254 e. The maximum Gasteiger partial charge on any atom is 0.254 e. The van der Waals surface area contributed by atoms with Crippen LogP contribution in [0.3, 0.4) is 0 Å². The van der Waals surface area contributed by atoms with Crippen LogP contribution in [0.25, 0.3) is 0 Å². The summed E-state index contributed by atoms with van der Waals surface area (Å²) >= 11 is 3.41. The van der Waals surface area contributed by atoms with Crippen molar-refractivity contribution in [2.24, 2.45) is 40.6 Å². The van der Waals surface area contributed by atoms with E-state index in [1.165, 1.54) is 6.21 Å². The minimum atomic E-state index is -0.243. The zero-order valence-corrected chi connectivity index (χ0v) is 16.0. The number of carbonyl (C=O) groups excluding carboxylic acids is 2. The van der Waals surface area contributed by atoms with Gasteiger partial charge in [-0.1, -0.05) is 34.0 Å². The number of terminal acetylenes is 1.